The monoisotopic (exact) mass is 220 g/mol. The number of carboxylic acid groups (broad SMARTS) is 1. The SMILES string of the molecule is CN(Cc1cccnc1)C(=O)/C=C/C(=O)O. The van der Waals surface area contributed by atoms with Gasteiger partial charge in [-0.2, -0.15) is 0 Å². The lowest BCUT2D eigenvalue weighted by Gasteiger charge is -2.14. The molecule has 0 spiro atoms. The van der Waals surface area contributed by atoms with E-state index in [1.165, 1.54) is 4.90 Å². The van der Waals surface area contributed by atoms with Crippen LogP contribution in [0.15, 0.2) is 36.7 Å². The van der Waals surface area contributed by atoms with Crippen molar-refractivity contribution in [3.63, 3.8) is 0 Å². The standard InChI is InChI=1S/C11H12N2O3/c1-13(10(14)4-5-11(15)16)8-9-3-2-6-12-7-9/h2-7H,8H2,1H3,(H,15,16)/b5-4+. The van der Waals surface area contributed by atoms with Crippen LogP contribution in [0.2, 0.25) is 0 Å². The van der Waals surface area contributed by atoms with Gasteiger partial charge in [0.25, 0.3) is 0 Å². The minimum absolute atomic E-state index is 0.355. The van der Waals surface area contributed by atoms with Crippen molar-refractivity contribution in [2.75, 3.05) is 7.05 Å². The van der Waals surface area contributed by atoms with Gasteiger partial charge in [0.1, 0.15) is 0 Å². The van der Waals surface area contributed by atoms with E-state index in [-0.39, 0.29) is 5.91 Å². The fourth-order valence-corrected chi connectivity index (χ4v) is 1.11. The van der Waals surface area contributed by atoms with Crippen molar-refractivity contribution in [2.45, 2.75) is 6.54 Å². The molecule has 0 aliphatic heterocycles. The molecule has 1 rings (SSSR count). The number of aromatic nitrogens is 1. The number of hydrogen-bond donors (Lipinski definition) is 1. The molecule has 0 atom stereocenters. The van der Waals surface area contributed by atoms with Gasteiger partial charge in [-0.25, -0.2) is 4.79 Å². The number of likely N-dealkylation sites (N-methyl/N-ethyl adjacent to an activating group) is 1. The molecule has 0 bridgehead atoms. The van der Waals surface area contributed by atoms with Crippen LogP contribution in [0.1, 0.15) is 5.56 Å². The molecule has 0 aliphatic carbocycles. The van der Waals surface area contributed by atoms with Crippen LogP contribution < -0.4 is 0 Å². The Morgan fingerprint density at radius 2 is 2.25 bits per heavy atom. The number of amides is 1. The van der Waals surface area contributed by atoms with Crippen molar-refractivity contribution in [1.82, 2.24) is 9.88 Å². The second-order valence-corrected chi connectivity index (χ2v) is 3.23. The molecule has 1 N–H and O–H groups in total. The lowest BCUT2D eigenvalue weighted by molar-refractivity contribution is -0.132. The minimum Gasteiger partial charge on any atom is -0.478 e. The van der Waals surface area contributed by atoms with E-state index >= 15 is 0 Å². The van der Waals surface area contributed by atoms with E-state index < -0.39 is 5.97 Å². The quantitative estimate of drug-likeness (QED) is 0.757. The van der Waals surface area contributed by atoms with Gasteiger partial charge in [-0.3, -0.25) is 9.78 Å². The van der Waals surface area contributed by atoms with E-state index in [0.29, 0.717) is 6.54 Å². The van der Waals surface area contributed by atoms with Gasteiger partial charge in [-0.05, 0) is 11.6 Å². The third-order valence-electron chi connectivity index (χ3n) is 1.89. The van der Waals surface area contributed by atoms with E-state index in [2.05, 4.69) is 4.98 Å². The molecule has 0 fully saturated rings. The minimum atomic E-state index is -1.14. The molecule has 5 heteroatoms. The summed E-state index contributed by atoms with van der Waals surface area (Å²) in [6.07, 6.45) is 5.15. The molecular weight excluding hydrogens is 208 g/mol. The smallest absolute Gasteiger partial charge is 0.328 e. The van der Waals surface area contributed by atoms with Gasteiger partial charge in [-0.15, -0.1) is 0 Å². The van der Waals surface area contributed by atoms with E-state index in [4.69, 9.17) is 5.11 Å². The largest absolute Gasteiger partial charge is 0.478 e. The number of hydrogen-bond acceptors (Lipinski definition) is 3. The Bertz CT molecular complexity index is 401. The summed E-state index contributed by atoms with van der Waals surface area (Å²) < 4.78 is 0. The molecule has 1 heterocycles. The predicted octanol–water partition coefficient (Wildman–Crippen LogP) is 0.681. The number of nitrogens with zero attached hydrogens (tertiary/aromatic N) is 2. The summed E-state index contributed by atoms with van der Waals surface area (Å²) in [5, 5.41) is 8.37. The highest BCUT2D eigenvalue weighted by atomic mass is 16.4. The highest BCUT2D eigenvalue weighted by Gasteiger charge is 2.05. The van der Waals surface area contributed by atoms with Crippen LogP contribution >= 0.6 is 0 Å². The van der Waals surface area contributed by atoms with E-state index in [0.717, 1.165) is 17.7 Å². The molecule has 0 radical (unpaired) electrons. The average molecular weight is 220 g/mol. The molecule has 16 heavy (non-hydrogen) atoms. The van der Waals surface area contributed by atoms with Crippen molar-refractivity contribution >= 4 is 11.9 Å². The van der Waals surface area contributed by atoms with Crippen LogP contribution in [0.4, 0.5) is 0 Å². The molecule has 0 aromatic carbocycles. The fourth-order valence-electron chi connectivity index (χ4n) is 1.11. The summed E-state index contributed by atoms with van der Waals surface area (Å²) in [5.74, 6) is -1.49. The van der Waals surface area contributed by atoms with Gasteiger partial charge in [0, 0.05) is 38.1 Å². The zero-order chi connectivity index (χ0) is 12.0. The predicted molar refractivity (Wildman–Crippen MR) is 57.5 cm³/mol. The summed E-state index contributed by atoms with van der Waals surface area (Å²) >= 11 is 0. The van der Waals surface area contributed by atoms with Crippen LogP contribution in [-0.4, -0.2) is 33.9 Å². The Balaban J connectivity index is 2.56. The normalized spacial score (nSPS) is 10.3. The Morgan fingerprint density at radius 3 is 2.81 bits per heavy atom. The van der Waals surface area contributed by atoms with E-state index in [9.17, 15) is 9.59 Å². The topological polar surface area (TPSA) is 70.5 Å². The third kappa shape index (κ3) is 3.91. The molecule has 0 aliphatic rings. The molecule has 1 aromatic rings. The lowest BCUT2D eigenvalue weighted by Crippen LogP contribution is -2.24. The summed E-state index contributed by atoms with van der Waals surface area (Å²) in [5.41, 5.74) is 0.891. The summed E-state index contributed by atoms with van der Waals surface area (Å²) in [7, 11) is 1.60. The number of rotatable bonds is 4. The van der Waals surface area contributed by atoms with Crippen LogP contribution in [0, 0.1) is 0 Å². The van der Waals surface area contributed by atoms with Crippen molar-refractivity contribution in [1.29, 1.82) is 0 Å². The average Bonchev–Trinajstić information content (AvgIpc) is 2.27. The van der Waals surface area contributed by atoms with Gasteiger partial charge < -0.3 is 10.0 Å². The molecule has 1 aromatic heterocycles. The second-order valence-electron chi connectivity index (χ2n) is 3.23. The van der Waals surface area contributed by atoms with Gasteiger partial charge in [0.2, 0.25) is 5.91 Å². The maximum absolute atomic E-state index is 11.4. The van der Waals surface area contributed by atoms with Crippen molar-refractivity contribution in [3.8, 4) is 0 Å². The van der Waals surface area contributed by atoms with Crippen molar-refractivity contribution in [2.24, 2.45) is 0 Å². The Labute approximate surface area is 93.0 Å². The van der Waals surface area contributed by atoms with Crippen molar-refractivity contribution < 1.29 is 14.7 Å². The molecular formula is C11H12N2O3. The highest BCUT2D eigenvalue weighted by Crippen LogP contribution is 2.01. The van der Waals surface area contributed by atoms with Crippen LogP contribution in [0.3, 0.4) is 0 Å². The van der Waals surface area contributed by atoms with Gasteiger partial charge in [0.05, 0.1) is 0 Å². The maximum atomic E-state index is 11.4. The van der Waals surface area contributed by atoms with Gasteiger partial charge in [-0.1, -0.05) is 6.07 Å². The Hall–Kier alpha value is -2.17. The van der Waals surface area contributed by atoms with E-state index in [1.807, 2.05) is 6.07 Å². The number of carbonyl (C=O) groups excluding carboxylic acids is 1. The molecule has 1 amide bonds. The summed E-state index contributed by atoms with van der Waals surface area (Å²) in [4.78, 5) is 27.0. The van der Waals surface area contributed by atoms with Crippen LogP contribution in [-0.2, 0) is 16.1 Å². The number of aliphatic carboxylic acids is 1. The highest BCUT2D eigenvalue weighted by molar-refractivity contribution is 5.93. The van der Waals surface area contributed by atoms with Gasteiger partial charge in [0.15, 0.2) is 0 Å². The second kappa shape index (κ2) is 5.65. The molecule has 84 valence electrons. The number of carbonyl (C=O) groups is 2. The Kier molecular flexibility index (Phi) is 4.20. The first-order valence-corrected chi connectivity index (χ1v) is 4.64. The maximum Gasteiger partial charge on any atom is 0.328 e. The molecule has 0 saturated heterocycles. The van der Waals surface area contributed by atoms with Crippen LogP contribution in [0.25, 0.3) is 0 Å². The van der Waals surface area contributed by atoms with Gasteiger partial charge >= 0.3 is 5.97 Å². The molecule has 0 unspecified atom stereocenters. The Morgan fingerprint density at radius 1 is 1.50 bits per heavy atom. The van der Waals surface area contributed by atoms with Crippen LogP contribution in [0.5, 0.6) is 0 Å². The zero-order valence-electron chi connectivity index (χ0n) is 8.83. The molecule has 5 nitrogen and oxygen atoms in total. The molecule has 0 saturated carbocycles. The first kappa shape index (κ1) is 11.9. The summed E-state index contributed by atoms with van der Waals surface area (Å²) in [6, 6.07) is 3.62. The number of carboxylic acids is 1. The van der Waals surface area contributed by atoms with E-state index in [1.54, 1.807) is 25.5 Å². The van der Waals surface area contributed by atoms with Crippen molar-refractivity contribution in [3.05, 3.63) is 42.2 Å². The zero-order valence-corrected chi connectivity index (χ0v) is 8.83. The first-order chi connectivity index (χ1) is 7.59. The summed E-state index contributed by atoms with van der Waals surface area (Å²) in [6.45, 7) is 0.399. The lowest BCUT2D eigenvalue weighted by atomic mass is 10.2. The fraction of sp³-hybridized carbons (Fsp3) is 0.182. The first-order valence-electron chi connectivity index (χ1n) is 4.64. The third-order valence-corrected chi connectivity index (χ3v) is 1.89. The number of pyridine rings is 1.